The van der Waals surface area contributed by atoms with Gasteiger partial charge >= 0.3 is 6.18 Å². The zero-order valence-corrected chi connectivity index (χ0v) is 8.34. The van der Waals surface area contributed by atoms with Gasteiger partial charge in [0.05, 0.1) is 12.1 Å². The quantitative estimate of drug-likeness (QED) is 0.771. The fourth-order valence-electron chi connectivity index (χ4n) is 1.20. The number of aliphatic hydroxyl groups is 1. The molecule has 0 bridgehead atoms. The van der Waals surface area contributed by atoms with E-state index in [0.717, 1.165) is 4.68 Å². The van der Waals surface area contributed by atoms with Gasteiger partial charge in [0.2, 0.25) is 0 Å². The third-order valence-corrected chi connectivity index (χ3v) is 2.04. The molecule has 0 aromatic carbocycles. The Morgan fingerprint density at radius 3 is 2.47 bits per heavy atom. The molecule has 1 aromatic heterocycles. The van der Waals surface area contributed by atoms with Crippen molar-refractivity contribution in [2.75, 3.05) is 6.61 Å². The lowest BCUT2D eigenvalue weighted by Gasteiger charge is -2.22. The first-order valence-corrected chi connectivity index (χ1v) is 4.19. The summed E-state index contributed by atoms with van der Waals surface area (Å²) in [6, 6.07) is 0. The van der Waals surface area contributed by atoms with Gasteiger partial charge in [-0.25, -0.2) is 0 Å². The van der Waals surface area contributed by atoms with Crippen LogP contribution in [0.15, 0.2) is 6.20 Å². The summed E-state index contributed by atoms with van der Waals surface area (Å²) in [4.78, 5) is 0. The van der Waals surface area contributed by atoms with Crippen LogP contribution in [0, 0.1) is 0 Å². The molecule has 0 aliphatic heterocycles. The van der Waals surface area contributed by atoms with Gasteiger partial charge in [-0.2, -0.15) is 18.3 Å². The van der Waals surface area contributed by atoms with E-state index in [-0.39, 0.29) is 5.56 Å². The molecule has 86 valence electrons. The van der Waals surface area contributed by atoms with Crippen molar-refractivity contribution in [3.05, 3.63) is 17.5 Å². The summed E-state index contributed by atoms with van der Waals surface area (Å²) in [7, 11) is 1.37. The average molecular weight is 223 g/mol. The zero-order valence-electron chi connectivity index (χ0n) is 8.34. The largest absolute Gasteiger partial charge is 0.435 e. The van der Waals surface area contributed by atoms with E-state index in [9.17, 15) is 13.2 Å². The van der Waals surface area contributed by atoms with Crippen molar-refractivity contribution >= 4 is 0 Å². The number of aryl methyl sites for hydroxylation is 1. The summed E-state index contributed by atoms with van der Waals surface area (Å²) in [5, 5.41) is 12.2. The number of nitrogens with zero attached hydrogens (tertiary/aromatic N) is 2. The van der Waals surface area contributed by atoms with Crippen molar-refractivity contribution in [3.8, 4) is 0 Å². The molecule has 0 spiro atoms. The highest BCUT2D eigenvalue weighted by Gasteiger charge is 2.41. The third kappa shape index (κ3) is 2.29. The predicted molar refractivity (Wildman–Crippen MR) is 46.8 cm³/mol. The summed E-state index contributed by atoms with van der Waals surface area (Å²) in [5.41, 5.74) is 2.84. The molecule has 1 rings (SSSR count). The molecule has 0 aliphatic rings. The second kappa shape index (κ2) is 3.49. The van der Waals surface area contributed by atoms with Crippen LogP contribution in [-0.2, 0) is 18.8 Å². The second-order valence-corrected chi connectivity index (χ2v) is 3.64. The number of alkyl halides is 3. The maximum absolute atomic E-state index is 12.5. The molecule has 1 atom stereocenters. The normalized spacial score (nSPS) is 16.5. The summed E-state index contributed by atoms with van der Waals surface area (Å²) in [5.74, 6) is 0. The van der Waals surface area contributed by atoms with E-state index in [1.54, 1.807) is 0 Å². The number of hydrogen-bond donors (Lipinski definition) is 2. The van der Waals surface area contributed by atoms with Crippen LogP contribution in [0.1, 0.15) is 18.2 Å². The first kappa shape index (κ1) is 12.0. The second-order valence-electron chi connectivity index (χ2n) is 3.64. The number of hydrogen-bond acceptors (Lipinski definition) is 3. The molecule has 0 saturated heterocycles. The van der Waals surface area contributed by atoms with Crippen LogP contribution >= 0.6 is 0 Å². The maximum atomic E-state index is 12.5. The van der Waals surface area contributed by atoms with Gasteiger partial charge in [0.15, 0.2) is 5.69 Å². The summed E-state index contributed by atoms with van der Waals surface area (Å²) < 4.78 is 38.6. The molecule has 1 unspecified atom stereocenters. The van der Waals surface area contributed by atoms with Crippen LogP contribution in [-0.4, -0.2) is 21.5 Å². The van der Waals surface area contributed by atoms with E-state index < -0.39 is 24.0 Å². The summed E-state index contributed by atoms with van der Waals surface area (Å²) >= 11 is 0. The molecule has 3 N–H and O–H groups in total. The number of aromatic nitrogens is 2. The summed E-state index contributed by atoms with van der Waals surface area (Å²) in [6.45, 7) is 0.737. The number of halogens is 3. The molecule has 7 heteroatoms. The smallest absolute Gasteiger partial charge is 0.394 e. The van der Waals surface area contributed by atoms with E-state index in [0.29, 0.717) is 0 Å². The van der Waals surface area contributed by atoms with Crippen molar-refractivity contribution in [1.29, 1.82) is 0 Å². The lowest BCUT2D eigenvalue weighted by molar-refractivity contribution is -0.142. The first-order valence-electron chi connectivity index (χ1n) is 4.19. The Morgan fingerprint density at radius 1 is 1.53 bits per heavy atom. The van der Waals surface area contributed by atoms with Crippen molar-refractivity contribution in [3.63, 3.8) is 0 Å². The Morgan fingerprint density at radius 2 is 2.07 bits per heavy atom. The lowest BCUT2D eigenvalue weighted by atomic mass is 9.94. The fraction of sp³-hybridized carbons (Fsp3) is 0.625. The van der Waals surface area contributed by atoms with Gasteiger partial charge in [0.25, 0.3) is 0 Å². The Hall–Kier alpha value is -1.08. The molecular weight excluding hydrogens is 211 g/mol. The van der Waals surface area contributed by atoms with E-state index in [4.69, 9.17) is 10.8 Å². The van der Waals surface area contributed by atoms with E-state index >= 15 is 0 Å². The van der Waals surface area contributed by atoms with Crippen molar-refractivity contribution < 1.29 is 18.3 Å². The Kier molecular flexibility index (Phi) is 2.79. The van der Waals surface area contributed by atoms with Crippen LogP contribution in [0.2, 0.25) is 0 Å². The van der Waals surface area contributed by atoms with Crippen molar-refractivity contribution in [1.82, 2.24) is 9.78 Å². The highest BCUT2D eigenvalue weighted by atomic mass is 19.4. The van der Waals surface area contributed by atoms with Gasteiger partial charge in [-0.15, -0.1) is 0 Å². The van der Waals surface area contributed by atoms with Crippen LogP contribution in [0.4, 0.5) is 13.2 Å². The van der Waals surface area contributed by atoms with Crippen LogP contribution in [0.25, 0.3) is 0 Å². The monoisotopic (exact) mass is 223 g/mol. The topological polar surface area (TPSA) is 64.1 Å². The molecule has 1 heterocycles. The minimum absolute atomic E-state index is 0.208. The van der Waals surface area contributed by atoms with Gasteiger partial charge in [0, 0.05) is 18.8 Å². The highest BCUT2D eigenvalue weighted by molar-refractivity contribution is 5.27. The lowest BCUT2D eigenvalue weighted by Crippen LogP contribution is -2.38. The van der Waals surface area contributed by atoms with Crippen LogP contribution in [0.5, 0.6) is 0 Å². The van der Waals surface area contributed by atoms with Gasteiger partial charge in [-0.3, -0.25) is 4.68 Å². The molecule has 15 heavy (non-hydrogen) atoms. The Labute approximate surface area is 84.5 Å². The van der Waals surface area contributed by atoms with Gasteiger partial charge in [-0.05, 0) is 6.92 Å². The molecule has 0 radical (unpaired) electrons. The van der Waals surface area contributed by atoms with Gasteiger partial charge in [0.1, 0.15) is 0 Å². The zero-order chi connectivity index (χ0) is 11.9. The van der Waals surface area contributed by atoms with Gasteiger partial charge in [-0.1, -0.05) is 0 Å². The Bertz CT molecular complexity index is 357. The first-order chi connectivity index (χ1) is 6.68. The predicted octanol–water partition coefficient (Wildman–Crippen LogP) is 0.605. The molecule has 0 fully saturated rings. The number of rotatable bonds is 2. The SMILES string of the molecule is Cn1cc(C(C)(N)CO)c(C(F)(F)F)n1. The van der Waals surface area contributed by atoms with E-state index in [2.05, 4.69) is 5.10 Å². The van der Waals surface area contributed by atoms with Crippen molar-refractivity contribution in [2.45, 2.75) is 18.6 Å². The van der Waals surface area contributed by atoms with Crippen LogP contribution < -0.4 is 5.73 Å². The van der Waals surface area contributed by atoms with Crippen LogP contribution in [0.3, 0.4) is 0 Å². The molecule has 0 amide bonds. The minimum atomic E-state index is -4.56. The van der Waals surface area contributed by atoms with E-state index in [1.807, 2.05) is 0 Å². The molecule has 4 nitrogen and oxygen atoms in total. The summed E-state index contributed by atoms with van der Waals surface area (Å²) in [6.07, 6.45) is -3.40. The standard InChI is InChI=1S/C8H12F3N3O/c1-7(12,4-15)5-3-14(2)13-6(5)8(9,10)11/h3,15H,4,12H2,1-2H3. The van der Waals surface area contributed by atoms with Crippen molar-refractivity contribution in [2.24, 2.45) is 12.8 Å². The van der Waals surface area contributed by atoms with E-state index in [1.165, 1.54) is 20.2 Å². The third-order valence-electron chi connectivity index (χ3n) is 2.04. The molecule has 1 aromatic rings. The minimum Gasteiger partial charge on any atom is -0.394 e. The number of nitrogens with two attached hydrogens (primary N) is 1. The Balaban J connectivity index is 3.30. The average Bonchev–Trinajstić information content (AvgIpc) is 2.47. The molecule has 0 saturated carbocycles. The highest BCUT2D eigenvalue weighted by Crippen LogP contribution is 2.34. The maximum Gasteiger partial charge on any atom is 0.435 e. The van der Waals surface area contributed by atoms with Gasteiger partial charge < -0.3 is 10.8 Å². The molecule has 0 aliphatic carbocycles. The number of aliphatic hydroxyl groups excluding tert-OH is 1. The molecular formula is C8H12F3N3O. The fourth-order valence-corrected chi connectivity index (χ4v) is 1.20.